The summed E-state index contributed by atoms with van der Waals surface area (Å²) in [5.74, 6) is -1.00. The van der Waals surface area contributed by atoms with E-state index in [2.05, 4.69) is 10.6 Å². The number of fused-ring (bicyclic) bond motifs is 1. The molecule has 0 radical (unpaired) electrons. The number of nitrogens with one attached hydrogen (secondary N) is 2. The van der Waals surface area contributed by atoms with Crippen LogP contribution in [0, 0.1) is 0 Å². The van der Waals surface area contributed by atoms with Gasteiger partial charge in [-0.25, -0.2) is 5.01 Å². The van der Waals surface area contributed by atoms with Gasteiger partial charge in [0.05, 0.1) is 6.42 Å². The van der Waals surface area contributed by atoms with E-state index < -0.39 is 11.6 Å². The predicted octanol–water partition coefficient (Wildman–Crippen LogP) is 0.636. The van der Waals surface area contributed by atoms with Gasteiger partial charge >= 0.3 is 0 Å². The van der Waals surface area contributed by atoms with Crippen LogP contribution >= 0.6 is 12.2 Å². The third kappa shape index (κ3) is 2.49. The molecule has 3 amide bonds. The number of nitrogens with zero attached hydrogens (tertiary/aromatic N) is 2. The minimum Gasteiger partial charge on any atom is -0.325 e. The molecule has 0 saturated carbocycles. The second-order valence-electron chi connectivity index (χ2n) is 5.94. The molecule has 0 bridgehead atoms. The summed E-state index contributed by atoms with van der Waals surface area (Å²) in [4.78, 5) is 37.0. The second-order valence-corrected chi connectivity index (χ2v) is 6.33. The zero-order valence-corrected chi connectivity index (χ0v) is 13.5. The Morgan fingerprint density at radius 3 is 2.61 bits per heavy atom. The van der Waals surface area contributed by atoms with Gasteiger partial charge in [0.25, 0.3) is 0 Å². The van der Waals surface area contributed by atoms with Crippen LogP contribution in [0.15, 0.2) is 30.3 Å². The van der Waals surface area contributed by atoms with Crippen LogP contribution in [0.4, 0.5) is 5.69 Å². The molecule has 2 fully saturated rings. The second kappa shape index (κ2) is 5.39. The number of anilines is 1. The Hall–Kier alpha value is -2.32. The standard InChI is InChI=1S/C15H16N4O3S/c1-15(2)13(22)17-14(23)18-11(20)8-10(19(15)18)12(21)16-9-6-4-3-5-7-9/h3-7,10H,8H2,1-2H3,(H,16,21)(H,17,22,23)/t10-/m0/s1. The van der Waals surface area contributed by atoms with E-state index in [0.29, 0.717) is 5.69 Å². The van der Waals surface area contributed by atoms with Crippen molar-refractivity contribution in [3.63, 3.8) is 0 Å². The lowest BCUT2D eigenvalue weighted by atomic mass is 10.00. The number of hydrazine groups is 1. The van der Waals surface area contributed by atoms with E-state index in [0.717, 1.165) is 0 Å². The molecule has 120 valence electrons. The molecular weight excluding hydrogens is 316 g/mol. The lowest BCUT2D eigenvalue weighted by Crippen LogP contribution is -2.71. The molecule has 0 aliphatic carbocycles. The zero-order chi connectivity index (χ0) is 16.8. The molecule has 23 heavy (non-hydrogen) atoms. The van der Waals surface area contributed by atoms with Gasteiger partial charge in [-0.3, -0.25) is 19.7 Å². The lowest BCUT2D eigenvalue weighted by molar-refractivity contribution is -0.154. The minimum atomic E-state index is -1.06. The maximum Gasteiger partial charge on any atom is 0.248 e. The topological polar surface area (TPSA) is 81.8 Å². The third-order valence-corrected chi connectivity index (χ3v) is 4.28. The smallest absolute Gasteiger partial charge is 0.248 e. The number of para-hydroxylation sites is 1. The molecule has 1 aromatic carbocycles. The number of hydrogen-bond acceptors (Lipinski definition) is 5. The number of carbonyl (C=O) groups is 3. The number of benzene rings is 1. The molecule has 8 heteroatoms. The molecule has 0 unspecified atom stereocenters. The molecule has 2 aliphatic rings. The molecule has 2 heterocycles. The van der Waals surface area contributed by atoms with E-state index >= 15 is 0 Å². The first-order valence-corrected chi connectivity index (χ1v) is 7.56. The molecule has 2 saturated heterocycles. The molecule has 1 aromatic rings. The van der Waals surface area contributed by atoms with Gasteiger partial charge in [0, 0.05) is 5.69 Å². The Morgan fingerprint density at radius 2 is 1.96 bits per heavy atom. The Labute approximate surface area is 138 Å². The summed E-state index contributed by atoms with van der Waals surface area (Å²) in [5, 5.41) is 7.97. The Morgan fingerprint density at radius 1 is 1.30 bits per heavy atom. The normalized spacial score (nSPS) is 23.5. The van der Waals surface area contributed by atoms with Crippen LogP contribution in [0.3, 0.4) is 0 Å². The van der Waals surface area contributed by atoms with Crippen molar-refractivity contribution in [3.05, 3.63) is 30.3 Å². The van der Waals surface area contributed by atoms with Gasteiger partial charge < -0.3 is 5.32 Å². The first-order valence-electron chi connectivity index (χ1n) is 7.16. The number of thiocarbonyl (C=S) groups is 1. The fourth-order valence-electron chi connectivity index (χ4n) is 2.81. The average molecular weight is 332 g/mol. The monoisotopic (exact) mass is 332 g/mol. The fraction of sp³-hybridized carbons (Fsp3) is 0.333. The molecular formula is C15H16N4O3S. The van der Waals surface area contributed by atoms with Crippen molar-refractivity contribution in [1.82, 2.24) is 15.3 Å². The van der Waals surface area contributed by atoms with E-state index in [-0.39, 0.29) is 29.3 Å². The number of hydrogen-bond donors (Lipinski definition) is 2. The highest BCUT2D eigenvalue weighted by atomic mass is 32.1. The minimum absolute atomic E-state index is 0.00864. The quantitative estimate of drug-likeness (QED) is 0.777. The summed E-state index contributed by atoms with van der Waals surface area (Å²) in [7, 11) is 0. The van der Waals surface area contributed by atoms with Crippen molar-refractivity contribution in [3.8, 4) is 0 Å². The van der Waals surface area contributed by atoms with Crippen LogP contribution in [0.1, 0.15) is 20.3 Å². The third-order valence-electron chi connectivity index (χ3n) is 4.00. The van der Waals surface area contributed by atoms with E-state index in [1.807, 2.05) is 6.07 Å². The van der Waals surface area contributed by atoms with E-state index in [9.17, 15) is 14.4 Å². The van der Waals surface area contributed by atoms with Gasteiger partial charge in [0.1, 0.15) is 11.6 Å². The summed E-state index contributed by atoms with van der Waals surface area (Å²) in [6, 6.07) is 8.16. The largest absolute Gasteiger partial charge is 0.325 e. The van der Waals surface area contributed by atoms with Gasteiger partial charge in [-0.05, 0) is 38.2 Å². The molecule has 0 aromatic heterocycles. The van der Waals surface area contributed by atoms with Crippen LogP contribution < -0.4 is 10.6 Å². The Bertz CT molecular complexity index is 704. The van der Waals surface area contributed by atoms with Crippen LogP contribution in [0.25, 0.3) is 0 Å². The summed E-state index contributed by atoms with van der Waals surface area (Å²) in [6.07, 6.45) is -0.0306. The van der Waals surface area contributed by atoms with E-state index in [1.54, 1.807) is 38.1 Å². The van der Waals surface area contributed by atoms with Crippen LogP contribution in [0.5, 0.6) is 0 Å². The van der Waals surface area contributed by atoms with Crippen molar-refractivity contribution < 1.29 is 14.4 Å². The summed E-state index contributed by atoms with van der Waals surface area (Å²) in [6.45, 7) is 3.30. The highest BCUT2D eigenvalue weighted by Gasteiger charge is 2.56. The average Bonchev–Trinajstić information content (AvgIpc) is 2.85. The SMILES string of the molecule is CC1(C)C(=O)NC(=S)N2C(=O)C[C@@H](C(=O)Nc3ccccc3)N21. The number of rotatable bonds is 2. The highest BCUT2D eigenvalue weighted by molar-refractivity contribution is 7.80. The molecule has 0 spiro atoms. The van der Waals surface area contributed by atoms with Crippen molar-refractivity contribution in [2.24, 2.45) is 0 Å². The van der Waals surface area contributed by atoms with Gasteiger partial charge in [-0.2, -0.15) is 5.01 Å². The molecule has 2 N–H and O–H groups in total. The Balaban J connectivity index is 1.90. The maximum atomic E-state index is 12.6. The molecule has 7 nitrogen and oxygen atoms in total. The fourth-order valence-corrected chi connectivity index (χ4v) is 3.09. The molecule has 2 aliphatic heterocycles. The summed E-state index contributed by atoms with van der Waals surface area (Å²) >= 11 is 5.07. The van der Waals surface area contributed by atoms with Crippen LogP contribution in [-0.4, -0.2) is 44.4 Å². The van der Waals surface area contributed by atoms with Crippen molar-refractivity contribution in [2.45, 2.75) is 31.8 Å². The van der Waals surface area contributed by atoms with Gasteiger partial charge in [-0.1, -0.05) is 18.2 Å². The summed E-state index contributed by atoms with van der Waals surface area (Å²) in [5.41, 5.74) is -0.432. The van der Waals surface area contributed by atoms with Crippen molar-refractivity contribution in [1.29, 1.82) is 0 Å². The van der Waals surface area contributed by atoms with Crippen LogP contribution in [-0.2, 0) is 14.4 Å². The molecule has 1 atom stereocenters. The predicted molar refractivity (Wildman–Crippen MR) is 87.0 cm³/mol. The van der Waals surface area contributed by atoms with E-state index in [4.69, 9.17) is 12.2 Å². The number of carbonyl (C=O) groups excluding carboxylic acids is 3. The van der Waals surface area contributed by atoms with Crippen molar-refractivity contribution in [2.75, 3.05) is 5.32 Å². The van der Waals surface area contributed by atoms with Gasteiger partial charge in [0.15, 0.2) is 5.11 Å². The first kappa shape index (κ1) is 15.6. The highest BCUT2D eigenvalue weighted by Crippen LogP contribution is 2.32. The van der Waals surface area contributed by atoms with Crippen LogP contribution in [0.2, 0.25) is 0 Å². The van der Waals surface area contributed by atoms with Gasteiger partial charge in [0.2, 0.25) is 17.7 Å². The molecule has 3 rings (SSSR count). The Kier molecular flexibility index (Phi) is 3.65. The van der Waals surface area contributed by atoms with Crippen molar-refractivity contribution >= 4 is 40.7 Å². The lowest BCUT2D eigenvalue weighted by Gasteiger charge is -2.45. The summed E-state index contributed by atoms with van der Waals surface area (Å²) < 4.78 is 0. The van der Waals surface area contributed by atoms with E-state index in [1.165, 1.54) is 10.0 Å². The number of amides is 3. The maximum absolute atomic E-state index is 12.6. The van der Waals surface area contributed by atoms with Gasteiger partial charge in [-0.15, -0.1) is 0 Å². The first-order chi connectivity index (χ1) is 10.8. The zero-order valence-electron chi connectivity index (χ0n) is 12.7.